The van der Waals surface area contributed by atoms with E-state index in [0.717, 1.165) is 5.69 Å². The van der Waals surface area contributed by atoms with E-state index in [1.165, 1.54) is 25.1 Å². The first-order valence-electron chi connectivity index (χ1n) is 8.20. The number of methoxy groups -OCH3 is 1. The first-order valence-corrected chi connectivity index (χ1v) is 8.20. The van der Waals surface area contributed by atoms with Crippen molar-refractivity contribution in [2.24, 2.45) is 0 Å². The van der Waals surface area contributed by atoms with Crippen molar-refractivity contribution in [2.75, 3.05) is 17.7 Å². The van der Waals surface area contributed by atoms with Gasteiger partial charge in [0.05, 0.1) is 25.1 Å². The van der Waals surface area contributed by atoms with Crippen LogP contribution in [0.4, 0.5) is 17.2 Å². The Hall–Kier alpha value is -3.74. The van der Waals surface area contributed by atoms with Crippen LogP contribution in [0.15, 0.2) is 60.9 Å². The second kappa shape index (κ2) is 8.09. The van der Waals surface area contributed by atoms with Gasteiger partial charge in [-0.3, -0.25) is 4.79 Å². The van der Waals surface area contributed by atoms with Crippen molar-refractivity contribution in [2.45, 2.75) is 6.92 Å². The second-order valence-corrected chi connectivity index (χ2v) is 5.80. The number of aryl methyl sites for hydroxylation is 1. The fourth-order valence-corrected chi connectivity index (χ4v) is 2.30. The summed E-state index contributed by atoms with van der Waals surface area (Å²) in [5, 5.41) is 5.82. The van der Waals surface area contributed by atoms with Gasteiger partial charge in [-0.2, -0.15) is 0 Å². The molecule has 7 heteroatoms. The van der Waals surface area contributed by atoms with Gasteiger partial charge < -0.3 is 15.4 Å². The molecule has 0 aliphatic rings. The van der Waals surface area contributed by atoms with E-state index in [9.17, 15) is 9.59 Å². The van der Waals surface area contributed by atoms with Crippen LogP contribution in [0, 0.1) is 6.92 Å². The number of esters is 1. The largest absolute Gasteiger partial charge is 0.465 e. The number of amides is 1. The minimum atomic E-state index is -0.435. The maximum absolute atomic E-state index is 12.3. The zero-order valence-electron chi connectivity index (χ0n) is 14.9. The molecule has 1 amide bonds. The molecule has 2 N–H and O–H groups in total. The van der Waals surface area contributed by atoms with Gasteiger partial charge in [0.15, 0.2) is 0 Å². The minimum Gasteiger partial charge on any atom is -0.465 e. The fraction of sp³-hybridized carbons (Fsp3) is 0.100. The normalized spacial score (nSPS) is 10.1. The summed E-state index contributed by atoms with van der Waals surface area (Å²) >= 11 is 0. The Morgan fingerprint density at radius 3 is 2.15 bits per heavy atom. The highest BCUT2D eigenvalue weighted by Crippen LogP contribution is 2.15. The topological polar surface area (TPSA) is 93.2 Å². The zero-order valence-corrected chi connectivity index (χ0v) is 14.9. The van der Waals surface area contributed by atoms with Crippen molar-refractivity contribution >= 4 is 29.1 Å². The van der Waals surface area contributed by atoms with Crippen molar-refractivity contribution in [3.05, 3.63) is 77.7 Å². The molecule has 136 valence electrons. The summed E-state index contributed by atoms with van der Waals surface area (Å²) in [6.07, 6.45) is 2.89. The van der Waals surface area contributed by atoms with Crippen LogP contribution in [0.5, 0.6) is 0 Å². The average Bonchev–Trinajstić information content (AvgIpc) is 2.70. The first-order chi connectivity index (χ1) is 13.0. The number of carbonyl (C=O) groups excluding carboxylic acids is 2. The molecule has 7 nitrogen and oxygen atoms in total. The average molecular weight is 362 g/mol. The number of anilines is 3. The van der Waals surface area contributed by atoms with Gasteiger partial charge in [0, 0.05) is 11.4 Å². The lowest BCUT2D eigenvalue weighted by Crippen LogP contribution is -2.14. The number of aromatic nitrogens is 2. The molecule has 0 bridgehead atoms. The summed E-state index contributed by atoms with van der Waals surface area (Å²) in [6.45, 7) is 2.01. The van der Waals surface area contributed by atoms with Gasteiger partial charge >= 0.3 is 5.97 Å². The maximum atomic E-state index is 12.3. The van der Waals surface area contributed by atoms with Gasteiger partial charge in [-0.15, -0.1) is 0 Å². The lowest BCUT2D eigenvalue weighted by atomic mass is 10.2. The van der Waals surface area contributed by atoms with Crippen LogP contribution >= 0.6 is 0 Å². The van der Waals surface area contributed by atoms with Crippen LogP contribution in [0.3, 0.4) is 0 Å². The zero-order chi connectivity index (χ0) is 19.2. The van der Waals surface area contributed by atoms with Crippen LogP contribution < -0.4 is 10.6 Å². The number of nitrogens with zero attached hydrogens (tertiary/aromatic N) is 2. The Morgan fingerprint density at radius 1 is 0.889 bits per heavy atom. The second-order valence-electron chi connectivity index (χ2n) is 5.80. The summed E-state index contributed by atoms with van der Waals surface area (Å²) in [6, 6.07) is 14.2. The van der Waals surface area contributed by atoms with E-state index in [4.69, 9.17) is 0 Å². The molecule has 27 heavy (non-hydrogen) atoms. The smallest absolute Gasteiger partial charge is 0.337 e. The molecule has 0 atom stereocenters. The lowest BCUT2D eigenvalue weighted by molar-refractivity contribution is 0.0600. The van der Waals surface area contributed by atoms with Crippen molar-refractivity contribution < 1.29 is 14.3 Å². The van der Waals surface area contributed by atoms with Crippen molar-refractivity contribution in [1.82, 2.24) is 9.97 Å². The number of hydrogen-bond donors (Lipinski definition) is 2. The molecule has 0 spiro atoms. The monoisotopic (exact) mass is 362 g/mol. The number of nitrogens with one attached hydrogen (secondary N) is 2. The Balaban J connectivity index is 1.63. The van der Waals surface area contributed by atoms with E-state index in [-0.39, 0.29) is 5.69 Å². The number of ether oxygens (including phenoxy) is 1. The fourth-order valence-electron chi connectivity index (χ4n) is 2.30. The summed E-state index contributed by atoms with van der Waals surface area (Å²) in [5.41, 5.74) is 3.18. The molecule has 3 rings (SSSR count). The molecule has 0 saturated carbocycles. The van der Waals surface area contributed by atoms with Crippen molar-refractivity contribution in [3.8, 4) is 0 Å². The molecule has 0 aliphatic heterocycles. The Labute approximate surface area is 156 Å². The minimum absolute atomic E-state index is 0.182. The maximum Gasteiger partial charge on any atom is 0.337 e. The number of hydrogen-bond acceptors (Lipinski definition) is 6. The summed E-state index contributed by atoms with van der Waals surface area (Å²) in [7, 11) is 1.31. The number of benzene rings is 2. The Morgan fingerprint density at radius 2 is 1.56 bits per heavy atom. The molecule has 0 fully saturated rings. The van der Waals surface area contributed by atoms with E-state index in [1.807, 2.05) is 31.2 Å². The van der Waals surface area contributed by atoms with Gasteiger partial charge in [-0.25, -0.2) is 14.8 Å². The highest BCUT2D eigenvalue weighted by atomic mass is 16.5. The third kappa shape index (κ3) is 4.66. The first kappa shape index (κ1) is 18.1. The highest BCUT2D eigenvalue weighted by Gasteiger charge is 2.10. The van der Waals surface area contributed by atoms with Gasteiger partial charge in [-0.05, 0) is 43.3 Å². The lowest BCUT2D eigenvalue weighted by Gasteiger charge is -2.07. The van der Waals surface area contributed by atoms with Crippen LogP contribution in [0.1, 0.15) is 26.4 Å². The van der Waals surface area contributed by atoms with Crippen molar-refractivity contribution in [1.29, 1.82) is 0 Å². The van der Waals surface area contributed by atoms with E-state index >= 15 is 0 Å². The Bertz CT molecular complexity index is 936. The van der Waals surface area contributed by atoms with Crippen LogP contribution in [-0.2, 0) is 4.74 Å². The molecule has 3 aromatic rings. The third-order valence-electron chi connectivity index (χ3n) is 3.77. The molecule has 1 aromatic heterocycles. The molecule has 0 unspecified atom stereocenters. The molecule has 0 radical (unpaired) electrons. The predicted octanol–water partition coefficient (Wildman–Crippen LogP) is 3.57. The van der Waals surface area contributed by atoms with Crippen molar-refractivity contribution in [3.63, 3.8) is 0 Å². The predicted molar refractivity (Wildman–Crippen MR) is 102 cm³/mol. The molecular formula is C20H18N4O3. The summed E-state index contributed by atoms with van der Waals surface area (Å²) < 4.78 is 4.64. The van der Waals surface area contributed by atoms with Crippen LogP contribution in [0.25, 0.3) is 0 Å². The standard InChI is InChI=1S/C20H18N4O3/c1-13-3-7-15(8-4-13)23-18-12-21-17(11-22-18)19(25)24-16-9-5-14(6-10-16)20(26)27-2/h3-12H,1-2H3,(H,22,23)(H,24,25). The SMILES string of the molecule is COC(=O)c1ccc(NC(=O)c2cnc(Nc3ccc(C)cc3)cn2)cc1. The van der Waals surface area contributed by atoms with Gasteiger partial charge in [0.25, 0.3) is 5.91 Å². The molecule has 2 aromatic carbocycles. The highest BCUT2D eigenvalue weighted by molar-refractivity contribution is 6.03. The van der Waals surface area contributed by atoms with E-state index < -0.39 is 11.9 Å². The quantitative estimate of drug-likeness (QED) is 0.674. The van der Waals surface area contributed by atoms with Crippen LogP contribution in [-0.4, -0.2) is 29.0 Å². The van der Waals surface area contributed by atoms with E-state index in [1.54, 1.807) is 24.3 Å². The van der Waals surface area contributed by atoms with Crippen LogP contribution in [0.2, 0.25) is 0 Å². The van der Waals surface area contributed by atoms with Gasteiger partial charge in [0.1, 0.15) is 11.5 Å². The molecule has 0 saturated heterocycles. The van der Waals surface area contributed by atoms with Gasteiger partial charge in [-0.1, -0.05) is 17.7 Å². The molecular weight excluding hydrogens is 344 g/mol. The number of rotatable bonds is 5. The third-order valence-corrected chi connectivity index (χ3v) is 3.77. The number of carbonyl (C=O) groups is 2. The van der Waals surface area contributed by atoms with E-state index in [0.29, 0.717) is 17.1 Å². The molecule has 0 aliphatic carbocycles. The Kier molecular flexibility index (Phi) is 5.41. The van der Waals surface area contributed by atoms with E-state index in [2.05, 4.69) is 25.3 Å². The summed E-state index contributed by atoms with van der Waals surface area (Å²) in [4.78, 5) is 32.0. The molecule has 1 heterocycles. The summed E-state index contributed by atoms with van der Waals surface area (Å²) in [5.74, 6) is -0.288. The van der Waals surface area contributed by atoms with Gasteiger partial charge in [0.2, 0.25) is 0 Å².